The number of carbonyl (C=O) groups is 1. The van der Waals surface area contributed by atoms with Crippen LogP contribution in [0.4, 0.5) is 0 Å². The maximum atomic E-state index is 12.4. The smallest absolute Gasteiger partial charge is 0.321 e. The molecule has 1 rings (SSSR count). The van der Waals surface area contributed by atoms with E-state index in [1.54, 1.807) is 12.1 Å². The van der Waals surface area contributed by atoms with Crippen LogP contribution in [0.2, 0.25) is 0 Å². The number of phenolic OH excluding ortho intramolecular Hbond substituents is 1. The molecule has 0 aliphatic rings. The molecule has 19 heavy (non-hydrogen) atoms. The number of carbonyl (C=O) groups excluding carboxylic acids is 1. The van der Waals surface area contributed by atoms with Crippen LogP contribution in [-0.4, -0.2) is 22.9 Å². The minimum atomic E-state index is -0.462. The van der Waals surface area contributed by atoms with Gasteiger partial charge in [0.25, 0.3) is 0 Å². The lowest BCUT2D eigenvalue weighted by Crippen LogP contribution is -2.38. The van der Waals surface area contributed by atoms with Crippen molar-refractivity contribution >= 4 is 14.6 Å². The van der Waals surface area contributed by atoms with Gasteiger partial charge in [-0.25, -0.2) is 0 Å². The number of aromatic hydroxyl groups is 1. The van der Waals surface area contributed by atoms with Crippen molar-refractivity contribution in [1.82, 2.24) is 0 Å². The molecule has 1 aromatic carbocycles. The molecule has 1 N–H and O–H groups in total. The highest BCUT2D eigenvalue weighted by Gasteiger charge is 2.37. The maximum absolute atomic E-state index is 12.4. The second-order valence-electron chi connectivity index (χ2n) is 6.20. The lowest BCUT2D eigenvalue weighted by atomic mass is 9.85. The number of ether oxygens (including phenoxy) is 1. The molecular weight excluding hydrogens is 259 g/mol. The van der Waals surface area contributed by atoms with Crippen molar-refractivity contribution in [3.63, 3.8) is 0 Å². The standard InChI is InChI=1S/C15H23O3P/c1-14(2,3)10-15(4,19-5)13(17)18-12-8-6-11(16)7-9-12/h6-9,16,19H,10H2,1-5H3. The molecule has 2 unspecified atom stereocenters. The molecule has 3 nitrogen and oxygen atoms in total. The Kier molecular flexibility index (Phi) is 4.98. The van der Waals surface area contributed by atoms with E-state index in [2.05, 4.69) is 20.8 Å². The Hall–Kier alpha value is -1.08. The molecule has 0 aromatic heterocycles. The molecule has 0 saturated heterocycles. The minimum absolute atomic E-state index is 0.0751. The second-order valence-corrected chi connectivity index (χ2v) is 7.81. The summed E-state index contributed by atoms with van der Waals surface area (Å²) in [6.07, 6.45) is 0.784. The van der Waals surface area contributed by atoms with Crippen molar-refractivity contribution in [2.75, 3.05) is 6.66 Å². The van der Waals surface area contributed by atoms with Gasteiger partial charge >= 0.3 is 5.97 Å². The summed E-state index contributed by atoms with van der Waals surface area (Å²) in [5.74, 6) is 0.435. The Balaban J connectivity index is 2.81. The fourth-order valence-corrected chi connectivity index (χ4v) is 3.02. The summed E-state index contributed by atoms with van der Waals surface area (Å²) in [6.45, 7) is 10.4. The van der Waals surface area contributed by atoms with Gasteiger partial charge in [-0.3, -0.25) is 4.79 Å². The van der Waals surface area contributed by atoms with E-state index in [0.29, 0.717) is 14.3 Å². The first-order valence-electron chi connectivity index (χ1n) is 6.36. The Labute approximate surface area is 117 Å². The Morgan fingerprint density at radius 1 is 1.21 bits per heavy atom. The van der Waals surface area contributed by atoms with Crippen LogP contribution in [0, 0.1) is 5.41 Å². The van der Waals surface area contributed by atoms with E-state index in [1.807, 2.05) is 13.6 Å². The van der Waals surface area contributed by atoms with Gasteiger partial charge in [0, 0.05) is 0 Å². The average Bonchev–Trinajstić information content (AvgIpc) is 2.29. The van der Waals surface area contributed by atoms with Gasteiger partial charge in [0.1, 0.15) is 11.5 Å². The van der Waals surface area contributed by atoms with Crippen molar-refractivity contribution in [2.45, 2.75) is 39.3 Å². The van der Waals surface area contributed by atoms with Crippen LogP contribution in [0.15, 0.2) is 24.3 Å². The summed E-state index contributed by atoms with van der Waals surface area (Å²) in [6, 6.07) is 6.23. The van der Waals surface area contributed by atoms with E-state index < -0.39 is 5.16 Å². The quantitative estimate of drug-likeness (QED) is 0.519. The van der Waals surface area contributed by atoms with Gasteiger partial charge in [-0.05, 0) is 49.7 Å². The van der Waals surface area contributed by atoms with E-state index in [1.165, 1.54) is 12.1 Å². The molecule has 0 aliphatic carbocycles. The summed E-state index contributed by atoms with van der Waals surface area (Å²) in [7, 11) is 0.481. The summed E-state index contributed by atoms with van der Waals surface area (Å²) in [4.78, 5) is 12.4. The molecule has 1 aromatic rings. The number of esters is 1. The van der Waals surface area contributed by atoms with Gasteiger partial charge in [0.2, 0.25) is 0 Å². The van der Waals surface area contributed by atoms with Crippen LogP contribution < -0.4 is 4.74 Å². The first-order chi connectivity index (χ1) is 8.66. The van der Waals surface area contributed by atoms with Crippen LogP contribution >= 0.6 is 8.58 Å². The lowest BCUT2D eigenvalue weighted by molar-refractivity contribution is -0.137. The highest BCUT2D eigenvalue weighted by atomic mass is 31.1. The topological polar surface area (TPSA) is 46.5 Å². The SMILES string of the molecule is CPC(C)(CC(C)(C)C)C(=O)Oc1ccc(O)cc1. The zero-order chi connectivity index (χ0) is 14.7. The van der Waals surface area contributed by atoms with E-state index in [4.69, 9.17) is 4.74 Å². The molecule has 4 heteroatoms. The van der Waals surface area contributed by atoms with Gasteiger partial charge in [-0.15, -0.1) is 8.58 Å². The Bertz CT molecular complexity index is 434. The van der Waals surface area contributed by atoms with Gasteiger partial charge in [-0.2, -0.15) is 0 Å². The van der Waals surface area contributed by atoms with Crippen LogP contribution in [0.1, 0.15) is 34.1 Å². The highest BCUT2D eigenvalue weighted by molar-refractivity contribution is 7.40. The highest BCUT2D eigenvalue weighted by Crippen LogP contribution is 2.40. The van der Waals surface area contributed by atoms with Gasteiger partial charge in [0.05, 0.1) is 5.16 Å². The zero-order valence-corrected chi connectivity index (χ0v) is 13.3. The summed E-state index contributed by atoms with van der Waals surface area (Å²) >= 11 is 0. The van der Waals surface area contributed by atoms with Crippen LogP contribution in [-0.2, 0) is 4.79 Å². The molecule has 0 saturated carbocycles. The Morgan fingerprint density at radius 3 is 2.16 bits per heavy atom. The second kappa shape index (κ2) is 5.92. The van der Waals surface area contributed by atoms with Crippen LogP contribution in [0.5, 0.6) is 11.5 Å². The number of hydrogen-bond donors (Lipinski definition) is 1. The number of rotatable bonds is 4. The fraction of sp³-hybridized carbons (Fsp3) is 0.533. The molecule has 0 fully saturated rings. The molecule has 2 atom stereocenters. The molecule has 0 spiro atoms. The van der Waals surface area contributed by atoms with Gasteiger partial charge in [0.15, 0.2) is 0 Å². The third-order valence-corrected chi connectivity index (χ3v) is 4.42. The van der Waals surface area contributed by atoms with Gasteiger partial charge < -0.3 is 9.84 Å². The molecular formula is C15H23O3P. The van der Waals surface area contributed by atoms with Crippen molar-refractivity contribution in [1.29, 1.82) is 0 Å². The average molecular weight is 282 g/mol. The monoisotopic (exact) mass is 282 g/mol. The van der Waals surface area contributed by atoms with Gasteiger partial charge in [-0.1, -0.05) is 20.8 Å². The first kappa shape index (κ1) is 16.0. The van der Waals surface area contributed by atoms with Crippen LogP contribution in [0.3, 0.4) is 0 Å². The largest absolute Gasteiger partial charge is 0.508 e. The summed E-state index contributed by atoms with van der Waals surface area (Å²) in [5.41, 5.74) is 0.0751. The molecule has 0 heterocycles. The van der Waals surface area contributed by atoms with Crippen molar-refractivity contribution in [2.24, 2.45) is 5.41 Å². The van der Waals surface area contributed by atoms with Crippen molar-refractivity contribution in [3.05, 3.63) is 24.3 Å². The summed E-state index contributed by atoms with van der Waals surface area (Å²) in [5, 5.41) is 8.75. The number of phenols is 1. The van der Waals surface area contributed by atoms with E-state index in [9.17, 15) is 9.90 Å². The van der Waals surface area contributed by atoms with Crippen LogP contribution in [0.25, 0.3) is 0 Å². The van der Waals surface area contributed by atoms with E-state index >= 15 is 0 Å². The fourth-order valence-electron chi connectivity index (χ4n) is 2.06. The Morgan fingerprint density at radius 2 is 1.74 bits per heavy atom. The molecule has 0 aliphatic heterocycles. The predicted molar refractivity (Wildman–Crippen MR) is 80.5 cm³/mol. The third kappa shape index (κ3) is 4.83. The molecule has 0 bridgehead atoms. The molecule has 0 radical (unpaired) electrons. The minimum Gasteiger partial charge on any atom is -0.508 e. The first-order valence-corrected chi connectivity index (χ1v) is 7.86. The lowest BCUT2D eigenvalue weighted by Gasteiger charge is -2.32. The zero-order valence-electron chi connectivity index (χ0n) is 12.3. The molecule has 106 valence electrons. The summed E-state index contributed by atoms with van der Waals surface area (Å²) < 4.78 is 5.43. The third-order valence-electron chi connectivity index (χ3n) is 2.93. The number of benzene rings is 1. The normalized spacial score (nSPS) is 15.4. The van der Waals surface area contributed by atoms with Crippen molar-refractivity contribution < 1.29 is 14.6 Å². The van der Waals surface area contributed by atoms with Crippen molar-refractivity contribution in [3.8, 4) is 11.5 Å². The number of hydrogen-bond acceptors (Lipinski definition) is 3. The van der Waals surface area contributed by atoms with E-state index in [0.717, 1.165) is 6.42 Å². The molecule has 0 amide bonds. The maximum Gasteiger partial charge on any atom is 0.321 e. The predicted octanol–water partition coefficient (Wildman–Crippen LogP) is 3.80. The van der Waals surface area contributed by atoms with E-state index in [-0.39, 0.29) is 17.1 Å².